The minimum atomic E-state index is 0. The van der Waals surface area contributed by atoms with Gasteiger partial charge >= 0.3 is 0 Å². The molecule has 0 radical (unpaired) electrons. The highest BCUT2D eigenvalue weighted by Crippen LogP contribution is 2.07. The normalized spacial score (nSPS) is 16.5. The first-order chi connectivity index (χ1) is 9.34. The van der Waals surface area contributed by atoms with Crippen LogP contribution < -0.4 is 11.1 Å². The molecule has 3 N–H and O–H groups in total. The number of piperidine rings is 1. The molecule has 5 heteroatoms. The molecular weight excluding hydrogens is 363 g/mol. The highest BCUT2D eigenvalue weighted by Gasteiger charge is 2.08. The largest absolute Gasteiger partial charge is 0.370 e. The number of nitrogens with zero attached hydrogens (tertiary/aromatic N) is 2. The van der Waals surface area contributed by atoms with Gasteiger partial charge in [-0.3, -0.25) is 0 Å². The lowest BCUT2D eigenvalue weighted by Crippen LogP contribution is -2.40. The molecule has 0 amide bonds. The van der Waals surface area contributed by atoms with Gasteiger partial charge in [0.05, 0.1) is 6.54 Å². The van der Waals surface area contributed by atoms with E-state index < -0.39 is 0 Å². The van der Waals surface area contributed by atoms with E-state index in [0.29, 0.717) is 12.5 Å². The van der Waals surface area contributed by atoms with Crippen LogP contribution in [0.5, 0.6) is 0 Å². The number of aliphatic imine (C=N–C) groups is 1. The van der Waals surface area contributed by atoms with Gasteiger partial charge in [0.2, 0.25) is 0 Å². The highest BCUT2D eigenvalue weighted by atomic mass is 127. The second-order valence-corrected chi connectivity index (χ2v) is 5.02. The maximum absolute atomic E-state index is 5.86. The number of likely N-dealkylation sites (tertiary alicyclic amines) is 1. The molecule has 1 saturated heterocycles. The molecule has 20 heavy (non-hydrogen) atoms. The van der Waals surface area contributed by atoms with E-state index in [0.717, 1.165) is 13.1 Å². The number of rotatable bonds is 5. The van der Waals surface area contributed by atoms with Crippen LogP contribution in [0.15, 0.2) is 35.3 Å². The van der Waals surface area contributed by atoms with Crippen LogP contribution >= 0.6 is 24.0 Å². The molecule has 112 valence electrons. The van der Waals surface area contributed by atoms with Gasteiger partial charge in [-0.15, -0.1) is 24.0 Å². The zero-order chi connectivity index (χ0) is 13.3. The number of nitrogens with two attached hydrogens (primary N) is 1. The Hall–Kier alpha value is -0.820. The Kier molecular flexibility index (Phi) is 8.60. The second-order valence-electron chi connectivity index (χ2n) is 5.02. The van der Waals surface area contributed by atoms with E-state index in [1.54, 1.807) is 0 Å². The molecule has 0 aliphatic carbocycles. The summed E-state index contributed by atoms with van der Waals surface area (Å²) in [5.41, 5.74) is 7.04. The molecule has 0 atom stereocenters. The van der Waals surface area contributed by atoms with Crippen LogP contribution in [0, 0.1) is 0 Å². The van der Waals surface area contributed by atoms with Crippen molar-refractivity contribution >= 4 is 29.9 Å². The topological polar surface area (TPSA) is 53.6 Å². The van der Waals surface area contributed by atoms with Crippen molar-refractivity contribution in [2.24, 2.45) is 10.7 Å². The van der Waals surface area contributed by atoms with Crippen molar-refractivity contribution < 1.29 is 0 Å². The number of nitrogens with one attached hydrogen (secondary N) is 1. The lowest BCUT2D eigenvalue weighted by Gasteiger charge is -2.26. The van der Waals surface area contributed by atoms with E-state index in [1.807, 2.05) is 18.2 Å². The molecule has 4 nitrogen and oxygen atoms in total. The molecule has 1 heterocycles. The summed E-state index contributed by atoms with van der Waals surface area (Å²) < 4.78 is 0. The van der Waals surface area contributed by atoms with Gasteiger partial charge in [-0.05, 0) is 31.5 Å². The summed E-state index contributed by atoms with van der Waals surface area (Å²) in [4.78, 5) is 6.83. The van der Waals surface area contributed by atoms with Gasteiger partial charge in [0.1, 0.15) is 0 Å². The van der Waals surface area contributed by atoms with E-state index in [1.165, 1.54) is 37.9 Å². The lowest BCUT2D eigenvalue weighted by atomic mass is 10.1. The summed E-state index contributed by atoms with van der Waals surface area (Å²) in [5, 5.41) is 3.19. The van der Waals surface area contributed by atoms with E-state index in [9.17, 15) is 0 Å². The molecule has 0 spiro atoms. The van der Waals surface area contributed by atoms with Gasteiger partial charge in [-0.1, -0.05) is 36.8 Å². The van der Waals surface area contributed by atoms with E-state index in [4.69, 9.17) is 5.73 Å². The summed E-state index contributed by atoms with van der Waals surface area (Å²) in [6.45, 7) is 5.03. The van der Waals surface area contributed by atoms with Crippen LogP contribution in [0.25, 0.3) is 0 Å². The smallest absolute Gasteiger partial charge is 0.188 e. The Balaban J connectivity index is 0.00000200. The minimum Gasteiger partial charge on any atom is -0.370 e. The minimum absolute atomic E-state index is 0. The van der Waals surface area contributed by atoms with E-state index in [-0.39, 0.29) is 24.0 Å². The number of hydrogen-bond acceptors (Lipinski definition) is 2. The first-order valence-corrected chi connectivity index (χ1v) is 7.14. The third-order valence-corrected chi connectivity index (χ3v) is 3.46. The summed E-state index contributed by atoms with van der Waals surface area (Å²) in [5.74, 6) is 0.542. The monoisotopic (exact) mass is 388 g/mol. The molecule has 1 aromatic carbocycles. The molecule has 0 aromatic heterocycles. The zero-order valence-corrected chi connectivity index (χ0v) is 14.3. The van der Waals surface area contributed by atoms with Crippen molar-refractivity contribution in [2.75, 3.05) is 26.2 Å². The summed E-state index contributed by atoms with van der Waals surface area (Å²) in [7, 11) is 0. The van der Waals surface area contributed by atoms with Gasteiger partial charge in [0, 0.05) is 13.1 Å². The van der Waals surface area contributed by atoms with Gasteiger partial charge in [-0.2, -0.15) is 0 Å². The van der Waals surface area contributed by atoms with Crippen LogP contribution in [0.4, 0.5) is 0 Å². The third kappa shape index (κ3) is 6.56. The Bertz CT molecular complexity index is 388. The fourth-order valence-corrected chi connectivity index (χ4v) is 2.34. The maximum atomic E-state index is 5.86. The van der Waals surface area contributed by atoms with Gasteiger partial charge < -0.3 is 16.0 Å². The number of benzene rings is 1. The number of guanidine groups is 1. The quantitative estimate of drug-likeness (QED) is 0.462. The number of hydrogen-bond donors (Lipinski definition) is 2. The Morgan fingerprint density at radius 2 is 1.85 bits per heavy atom. The average molecular weight is 388 g/mol. The number of halogens is 1. The summed E-state index contributed by atoms with van der Waals surface area (Å²) >= 11 is 0. The van der Waals surface area contributed by atoms with Crippen LogP contribution in [0.1, 0.15) is 24.8 Å². The van der Waals surface area contributed by atoms with E-state index in [2.05, 4.69) is 27.3 Å². The predicted octanol–water partition coefficient (Wildman–Crippen LogP) is 2.19. The Labute approximate surface area is 138 Å². The van der Waals surface area contributed by atoms with Gasteiger partial charge in [-0.25, -0.2) is 4.99 Å². The van der Waals surface area contributed by atoms with Crippen LogP contribution in [-0.4, -0.2) is 37.0 Å². The Morgan fingerprint density at radius 1 is 1.15 bits per heavy atom. The molecule has 0 unspecified atom stereocenters. The molecule has 2 rings (SSSR count). The SMILES string of the molecule is I.NC(=NCc1ccccc1)NCCN1CCCCC1. The third-order valence-electron chi connectivity index (χ3n) is 3.46. The summed E-state index contributed by atoms with van der Waals surface area (Å²) in [6.07, 6.45) is 4.04. The molecular formula is C15H25IN4. The molecule has 1 aromatic rings. The van der Waals surface area contributed by atoms with Crippen molar-refractivity contribution in [3.05, 3.63) is 35.9 Å². The molecule has 0 saturated carbocycles. The van der Waals surface area contributed by atoms with Crippen molar-refractivity contribution in [3.8, 4) is 0 Å². The highest BCUT2D eigenvalue weighted by molar-refractivity contribution is 14.0. The summed E-state index contributed by atoms with van der Waals surface area (Å²) in [6, 6.07) is 10.2. The lowest BCUT2D eigenvalue weighted by molar-refractivity contribution is 0.232. The molecule has 1 aliphatic heterocycles. The van der Waals surface area contributed by atoms with Crippen molar-refractivity contribution in [3.63, 3.8) is 0 Å². The second kappa shape index (κ2) is 9.99. The molecule has 1 aliphatic rings. The first kappa shape index (κ1) is 17.2. The van der Waals surface area contributed by atoms with Crippen molar-refractivity contribution in [1.29, 1.82) is 0 Å². The van der Waals surface area contributed by atoms with Crippen LogP contribution in [-0.2, 0) is 6.54 Å². The molecule has 0 bridgehead atoms. The first-order valence-electron chi connectivity index (χ1n) is 7.14. The van der Waals surface area contributed by atoms with Crippen LogP contribution in [0.2, 0.25) is 0 Å². The van der Waals surface area contributed by atoms with Crippen molar-refractivity contribution in [1.82, 2.24) is 10.2 Å². The van der Waals surface area contributed by atoms with Gasteiger partial charge in [0.15, 0.2) is 5.96 Å². The maximum Gasteiger partial charge on any atom is 0.188 e. The van der Waals surface area contributed by atoms with E-state index >= 15 is 0 Å². The average Bonchev–Trinajstić information content (AvgIpc) is 2.47. The zero-order valence-electron chi connectivity index (χ0n) is 11.9. The fourth-order valence-electron chi connectivity index (χ4n) is 2.34. The van der Waals surface area contributed by atoms with Crippen molar-refractivity contribution in [2.45, 2.75) is 25.8 Å². The predicted molar refractivity (Wildman–Crippen MR) is 95.5 cm³/mol. The van der Waals surface area contributed by atoms with Crippen LogP contribution in [0.3, 0.4) is 0 Å². The standard InChI is InChI=1S/C15H24N4.HI/c16-15(18-13-14-7-3-1-4-8-14)17-9-12-19-10-5-2-6-11-19;/h1,3-4,7-8H,2,5-6,9-13H2,(H3,16,17,18);1H. The molecule has 1 fully saturated rings. The fraction of sp³-hybridized carbons (Fsp3) is 0.533. The van der Waals surface area contributed by atoms with Gasteiger partial charge in [0.25, 0.3) is 0 Å². The Morgan fingerprint density at radius 3 is 2.55 bits per heavy atom.